The molecule has 0 aliphatic heterocycles. The number of carbonyl (C=O) groups excluding carboxylic acids is 2. The van der Waals surface area contributed by atoms with Crippen LogP contribution in [0, 0.1) is 0 Å². The Labute approximate surface area is 248 Å². The van der Waals surface area contributed by atoms with E-state index in [1.54, 1.807) is 48.5 Å². The van der Waals surface area contributed by atoms with Crippen LogP contribution in [0.4, 0.5) is 18.9 Å². The molecule has 0 saturated heterocycles. The normalized spacial score (nSPS) is 11.1. The van der Waals surface area contributed by atoms with Crippen molar-refractivity contribution in [1.82, 2.24) is 5.32 Å². The summed E-state index contributed by atoms with van der Waals surface area (Å²) in [5.41, 5.74) is 4.88. The quantitative estimate of drug-likeness (QED) is 0.172. The van der Waals surface area contributed by atoms with Crippen LogP contribution in [0.25, 0.3) is 22.3 Å². The Bertz CT molecular complexity index is 1700. The molecule has 5 aromatic carbocycles. The molecule has 5 rings (SSSR count). The van der Waals surface area contributed by atoms with Gasteiger partial charge in [-0.2, -0.15) is 13.2 Å². The molecule has 0 spiro atoms. The van der Waals surface area contributed by atoms with E-state index in [9.17, 15) is 22.8 Å². The lowest BCUT2D eigenvalue weighted by molar-refractivity contribution is -0.137. The van der Waals surface area contributed by atoms with Crippen LogP contribution in [0.3, 0.4) is 0 Å². The number of halogens is 3. The molecule has 2 N–H and O–H groups in total. The van der Waals surface area contributed by atoms with Crippen LogP contribution < -0.4 is 10.6 Å². The fourth-order valence-corrected chi connectivity index (χ4v) is 4.80. The van der Waals surface area contributed by atoms with Gasteiger partial charge in [-0.3, -0.25) is 9.59 Å². The topological polar surface area (TPSA) is 58.2 Å². The van der Waals surface area contributed by atoms with Crippen LogP contribution in [0.1, 0.15) is 38.3 Å². The van der Waals surface area contributed by atoms with E-state index >= 15 is 0 Å². The second kappa shape index (κ2) is 13.2. The highest BCUT2D eigenvalue weighted by molar-refractivity contribution is 6.09. The minimum atomic E-state index is -4.44. The van der Waals surface area contributed by atoms with E-state index in [0.29, 0.717) is 34.5 Å². The summed E-state index contributed by atoms with van der Waals surface area (Å²) in [4.78, 5) is 26.0. The summed E-state index contributed by atoms with van der Waals surface area (Å²) in [5.74, 6) is -0.688. The Kier molecular flexibility index (Phi) is 9.01. The number of alkyl halides is 3. The summed E-state index contributed by atoms with van der Waals surface area (Å²) in [6.45, 7) is 0.496. The molecule has 0 aliphatic rings. The van der Waals surface area contributed by atoms with Gasteiger partial charge in [-0.25, -0.2) is 0 Å². The van der Waals surface area contributed by atoms with Gasteiger partial charge in [-0.15, -0.1) is 0 Å². The largest absolute Gasteiger partial charge is 0.416 e. The van der Waals surface area contributed by atoms with Crippen molar-refractivity contribution in [3.63, 3.8) is 0 Å². The zero-order valence-corrected chi connectivity index (χ0v) is 23.2. The molecule has 0 aliphatic carbocycles. The van der Waals surface area contributed by atoms with Crippen LogP contribution in [0.15, 0.2) is 127 Å². The average molecular weight is 579 g/mol. The maximum Gasteiger partial charge on any atom is 0.416 e. The molecule has 0 unspecified atom stereocenters. The van der Waals surface area contributed by atoms with Crippen LogP contribution in [-0.4, -0.2) is 18.4 Å². The first-order valence-electron chi connectivity index (χ1n) is 13.9. The van der Waals surface area contributed by atoms with Crippen molar-refractivity contribution in [2.75, 3.05) is 11.9 Å². The summed E-state index contributed by atoms with van der Waals surface area (Å²) in [6, 6.07) is 36.6. The van der Waals surface area contributed by atoms with E-state index in [-0.39, 0.29) is 5.91 Å². The highest BCUT2D eigenvalue weighted by Gasteiger charge is 2.30. The van der Waals surface area contributed by atoms with Crippen molar-refractivity contribution in [2.45, 2.75) is 19.0 Å². The average Bonchev–Trinajstić information content (AvgIpc) is 3.03. The summed E-state index contributed by atoms with van der Waals surface area (Å²) in [5, 5.41) is 5.74. The van der Waals surface area contributed by atoms with Gasteiger partial charge in [-0.1, -0.05) is 91.0 Å². The second-order valence-electron chi connectivity index (χ2n) is 10.1. The van der Waals surface area contributed by atoms with E-state index in [2.05, 4.69) is 47.0 Å². The van der Waals surface area contributed by atoms with Crippen molar-refractivity contribution in [2.24, 2.45) is 0 Å². The van der Waals surface area contributed by atoms with E-state index in [1.165, 1.54) is 23.3 Å². The lowest BCUT2D eigenvalue weighted by Gasteiger charge is -2.13. The van der Waals surface area contributed by atoms with E-state index in [4.69, 9.17) is 0 Å². The maximum absolute atomic E-state index is 13.2. The number of benzene rings is 5. The fraction of sp³-hybridized carbons (Fsp3) is 0.111. The highest BCUT2D eigenvalue weighted by Crippen LogP contribution is 2.32. The molecule has 0 radical (unpaired) electrons. The minimum absolute atomic E-state index is 0.249. The standard InChI is InChI=1S/C36H29F3N2O2/c37-36(38,39)30-21-19-28(20-22-30)32-13-4-5-14-33(32)35(43)41-31-12-6-11-29(24-31)34(42)40-23-7-8-25-15-17-27(18-16-25)26-9-2-1-3-10-26/h1-6,9-22,24H,7-8,23H2,(H,40,42)(H,41,43). The van der Waals surface area contributed by atoms with Crippen molar-refractivity contribution in [3.8, 4) is 22.3 Å². The number of rotatable bonds is 9. The first-order valence-corrected chi connectivity index (χ1v) is 13.9. The Balaban J connectivity index is 1.16. The Morgan fingerprint density at radius 1 is 0.628 bits per heavy atom. The smallest absolute Gasteiger partial charge is 0.352 e. The molecule has 216 valence electrons. The maximum atomic E-state index is 13.2. The number of anilines is 1. The summed E-state index contributed by atoms with van der Waals surface area (Å²) in [7, 11) is 0. The lowest BCUT2D eigenvalue weighted by Crippen LogP contribution is -2.25. The first-order chi connectivity index (χ1) is 20.8. The van der Waals surface area contributed by atoms with Gasteiger partial charge in [0.05, 0.1) is 5.56 Å². The van der Waals surface area contributed by atoms with Gasteiger partial charge in [-0.05, 0) is 77.1 Å². The fourth-order valence-electron chi connectivity index (χ4n) is 4.80. The molecule has 0 atom stereocenters. The summed E-state index contributed by atoms with van der Waals surface area (Å²) >= 11 is 0. The third kappa shape index (κ3) is 7.57. The molecule has 0 heterocycles. The van der Waals surface area contributed by atoms with Crippen LogP contribution in [0.2, 0.25) is 0 Å². The molecule has 0 saturated carbocycles. The predicted octanol–water partition coefficient (Wildman–Crippen LogP) is 8.65. The molecule has 43 heavy (non-hydrogen) atoms. The summed E-state index contributed by atoms with van der Waals surface area (Å²) in [6.07, 6.45) is -2.85. The van der Waals surface area contributed by atoms with Gasteiger partial charge in [0.15, 0.2) is 0 Å². The number of amides is 2. The molecule has 7 heteroatoms. The monoisotopic (exact) mass is 578 g/mol. The third-order valence-electron chi connectivity index (χ3n) is 7.07. The van der Waals surface area contributed by atoms with E-state index in [1.807, 2.05) is 18.2 Å². The molecule has 2 amide bonds. The summed E-state index contributed by atoms with van der Waals surface area (Å²) < 4.78 is 39.0. The van der Waals surface area contributed by atoms with Gasteiger partial charge >= 0.3 is 6.18 Å². The third-order valence-corrected chi connectivity index (χ3v) is 7.07. The van der Waals surface area contributed by atoms with Crippen molar-refractivity contribution in [3.05, 3.63) is 150 Å². The molecule has 5 aromatic rings. The predicted molar refractivity (Wildman–Crippen MR) is 164 cm³/mol. The van der Waals surface area contributed by atoms with Crippen LogP contribution >= 0.6 is 0 Å². The van der Waals surface area contributed by atoms with E-state index < -0.39 is 17.6 Å². The number of hydrogen-bond acceptors (Lipinski definition) is 2. The number of carbonyl (C=O) groups is 2. The van der Waals surface area contributed by atoms with Crippen LogP contribution in [0.5, 0.6) is 0 Å². The Morgan fingerprint density at radius 2 is 1.28 bits per heavy atom. The number of nitrogens with one attached hydrogen (secondary N) is 2. The lowest BCUT2D eigenvalue weighted by atomic mass is 9.98. The number of hydrogen-bond donors (Lipinski definition) is 2. The van der Waals surface area contributed by atoms with Crippen molar-refractivity contribution in [1.29, 1.82) is 0 Å². The van der Waals surface area contributed by atoms with Gasteiger partial charge in [0.2, 0.25) is 0 Å². The minimum Gasteiger partial charge on any atom is -0.352 e. The zero-order chi connectivity index (χ0) is 30.2. The Morgan fingerprint density at radius 3 is 2.00 bits per heavy atom. The second-order valence-corrected chi connectivity index (χ2v) is 10.1. The van der Waals surface area contributed by atoms with Crippen molar-refractivity contribution >= 4 is 17.5 Å². The number of aryl methyl sites for hydroxylation is 1. The molecular formula is C36H29F3N2O2. The highest BCUT2D eigenvalue weighted by atomic mass is 19.4. The SMILES string of the molecule is O=C(NCCCc1ccc(-c2ccccc2)cc1)c1cccc(NC(=O)c2ccccc2-c2ccc(C(F)(F)F)cc2)c1. The van der Waals surface area contributed by atoms with Gasteiger partial charge in [0.1, 0.15) is 0 Å². The molecule has 0 fully saturated rings. The Hall–Kier alpha value is -5.17. The van der Waals surface area contributed by atoms with Gasteiger partial charge in [0.25, 0.3) is 11.8 Å². The molecular weight excluding hydrogens is 549 g/mol. The zero-order valence-electron chi connectivity index (χ0n) is 23.2. The first kappa shape index (κ1) is 29.3. The van der Waals surface area contributed by atoms with Crippen LogP contribution in [-0.2, 0) is 12.6 Å². The van der Waals surface area contributed by atoms with E-state index in [0.717, 1.165) is 30.5 Å². The van der Waals surface area contributed by atoms with Gasteiger partial charge < -0.3 is 10.6 Å². The molecule has 4 nitrogen and oxygen atoms in total. The molecule has 0 bridgehead atoms. The van der Waals surface area contributed by atoms with Gasteiger partial charge in [0, 0.05) is 23.4 Å². The molecule has 0 aromatic heterocycles. The van der Waals surface area contributed by atoms with Crippen molar-refractivity contribution < 1.29 is 22.8 Å².